The van der Waals surface area contributed by atoms with Crippen molar-refractivity contribution in [1.29, 1.82) is 0 Å². The van der Waals surface area contributed by atoms with Crippen molar-refractivity contribution in [3.8, 4) is 0 Å². The Morgan fingerprint density at radius 1 is 1.33 bits per heavy atom. The van der Waals surface area contributed by atoms with E-state index < -0.39 is 0 Å². The normalized spacial score (nSPS) is 20.2. The maximum atomic E-state index is 9.01. The molecule has 1 fully saturated rings. The molecule has 2 N–H and O–H groups in total. The van der Waals surface area contributed by atoms with Gasteiger partial charge in [-0.15, -0.1) is 0 Å². The molecule has 0 unspecified atom stereocenters. The first-order valence-corrected chi connectivity index (χ1v) is 5.00. The fourth-order valence-corrected chi connectivity index (χ4v) is 1.69. The number of aliphatic hydroxyl groups is 1. The van der Waals surface area contributed by atoms with E-state index in [-0.39, 0.29) is 12.1 Å². The van der Waals surface area contributed by atoms with Gasteiger partial charge in [-0.2, -0.15) is 0 Å². The van der Waals surface area contributed by atoms with Gasteiger partial charge in [0.25, 0.3) is 0 Å². The zero-order valence-electron chi connectivity index (χ0n) is 8.27. The van der Waals surface area contributed by atoms with E-state index in [0.717, 1.165) is 12.5 Å². The quantitative estimate of drug-likeness (QED) is 0.672. The maximum Gasteiger partial charge on any atom is 0.0607 e. The third-order valence-corrected chi connectivity index (χ3v) is 2.74. The molecule has 0 amide bonds. The van der Waals surface area contributed by atoms with Gasteiger partial charge >= 0.3 is 0 Å². The summed E-state index contributed by atoms with van der Waals surface area (Å²) in [6.07, 6.45) is 5.53. The molecule has 0 heterocycles. The summed E-state index contributed by atoms with van der Waals surface area (Å²) in [5.41, 5.74) is -0.0947. The van der Waals surface area contributed by atoms with Gasteiger partial charge in [-0.05, 0) is 39.2 Å². The Balaban J connectivity index is 2.15. The van der Waals surface area contributed by atoms with Crippen molar-refractivity contribution in [3.05, 3.63) is 0 Å². The summed E-state index contributed by atoms with van der Waals surface area (Å²) in [4.78, 5) is 0. The van der Waals surface area contributed by atoms with Gasteiger partial charge in [0.15, 0.2) is 0 Å². The van der Waals surface area contributed by atoms with Gasteiger partial charge in [-0.3, -0.25) is 0 Å². The van der Waals surface area contributed by atoms with Gasteiger partial charge in [-0.25, -0.2) is 0 Å². The molecule has 0 aliphatic heterocycles. The van der Waals surface area contributed by atoms with Crippen LogP contribution < -0.4 is 5.32 Å². The molecule has 0 aromatic rings. The average molecular weight is 171 g/mol. The Hall–Kier alpha value is -0.0800. The number of aliphatic hydroxyl groups excluding tert-OH is 1. The zero-order chi connectivity index (χ0) is 9.03. The zero-order valence-corrected chi connectivity index (χ0v) is 8.27. The summed E-state index contributed by atoms with van der Waals surface area (Å²) in [5.74, 6) is 0.857. The second kappa shape index (κ2) is 4.24. The molecule has 1 saturated carbocycles. The van der Waals surface area contributed by atoms with E-state index in [0.29, 0.717) is 0 Å². The molecule has 2 heteroatoms. The van der Waals surface area contributed by atoms with E-state index in [1.165, 1.54) is 25.7 Å². The van der Waals surface area contributed by atoms with E-state index in [2.05, 4.69) is 5.32 Å². The Labute approximate surface area is 75.4 Å². The first-order valence-electron chi connectivity index (χ1n) is 5.00. The summed E-state index contributed by atoms with van der Waals surface area (Å²) in [5, 5.41) is 12.4. The standard InChI is InChI=1S/C10H21NO/c1-10(2,8-12)11-7-9-5-3-4-6-9/h9,11-12H,3-8H2,1-2H3. The van der Waals surface area contributed by atoms with Crippen molar-refractivity contribution in [2.24, 2.45) is 5.92 Å². The van der Waals surface area contributed by atoms with Crippen molar-refractivity contribution in [2.45, 2.75) is 45.1 Å². The molecule has 1 aliphatic rings. The van der Waals surface area contributed by atoms with E-state index in [9.17, 15) is 0 Å². The molecule has 1 rings (SSSR count). The third-order valence-electron chi connectivity index (χ3n) is 2.74. The smallest absolute Gasteiger partial charge is 0.0607 e. The van der Waals surface area contributed by atoms with Crippen LogP contribution in [-0.4, -0.2) is 23.8 Å². The van der Waals surface area contributed by atoms with Crippen LogP contribution in [0.4, 0.5) is 0 Å². The lowest BCUT2D eigenvalue weighted by Gasteiger charge is -2.25. The second-order valence-electron chi connectivity index (χ2n) is 4.57. The van der Waals surface area contributed by atoms with Crippen molar-refractivity contribution < 1.29 is 5.11 Å². The minimum Gasteiger partial charge on any atom is -0.394 e. The van der Waals surface area contributed by atoms with Gasteiger partial charge in [0.2, 0.25) is 0 Å². The highest BCUT2D eigenvalue weighted by atomic mass is 16.3. The topological polar surface area (TPSA) is 32.3 Å². The minimum atomic E-state index is -0.0947. The predicted molar refractivity (Wildman–Crippen MR) is 51.1 cm³/mol. The van der Waals surface area contributed by atoms with Crippen molar-refractivity contribution in [3.63, 3.8) is 0 Å². The lowest BCUT2D eigenvalue weighted by atomic mass is 10.0. The van der Waals surface area contributed by atoms with Crippen LogP contribution >= 0.6 is 0 Å². The number of hydrogen-bond donors (Lipinski definition) is 2. The van der Waals surface area contributed by atoms with E-state index >= 15 is 0 Å². The molecule has 0 saturated heterocycles. The summed E-state index contributed by atoms with van der Waals surface area (Å²) in [6, 6.07) is 0. The maximum absolute atomic E-state index is 9.01. The molecule has 12 heavy (non-hydrogen) atoms. The highest BCUT2D eigenvalue weighted by Gasteiger charge is 2.20. The number of rotatable bonds is 4. The van der Waals surface area contributed by atoms with E-state index in [1.54, 1.807) is 0 Å². The van der Waals surface area contributed by atoms with E-state index in [4.69, 9.17) is 5.11 Å². The monoisotopic (exact) mass is 171 g/mol. The van der Waals surface area contributed by atoms with Crippen molar-refractivity contribution in [1.82, 2.24) is 5.32 Å². The van der Waals surface area contributed by atoms with Gasteiger partial charge < -0.3 is 10.4 Å². The van der Waals surface area contributed by atoms with Crippen LogP contribution in [0.25, 0.3) is 0 Å². The Morgan fingerprint density at radius 2 is 1.92 bits per heavy atom. The fraction of sp³-hybridized carbons (Fsp3) is 1.00. The van der Waals surface area contributed by atoms with Crippen molar-refractivity contribution in [2.75, 3.05) is 13.2 Å². The van der Waals surface area contributed by atoms with Crippen LogP contribution in [-0.2, 0) is 0 Å². The fourth-order valence-electron chi connectivity index (χ4n) is 1.69. The summed E-state index contributed by atoms with van der Waals surface area (Å²) >= 11 is 0. The van der Waals surface area contributed by atoms with Gasteiger partial charge in [0.1, 0.15) is 0 Å². The molecule has 0 atom stereocenters. The lowest BCUT2D eigenvalue weighted by Crippen LogP contribution is -2.44. The highest BCUT2D eigenvalue weighted by molar-refractivity contribution is 4.79. The molecule has 1 aliphatic carbocycles. The summed E-state index contributed by atoms with van der Waals surface area (Å²) in [6.45, 7) is 5.39. The van der Waals surface area contributed by atoms with Crippen LogP contribution in [0.1, 0.15) is 39.5 Å². The van der Waals surface area contributed by atoms with Gasteiger partial charge in [0, 0.05) is 5.54 Å². The number of hydrogen-bond acceptors (Lipinski definition) is 2. The summed E-state index contributed by atoms with van der Waals surface area (Å²) < 4.78 is 0. The molecule has 0 spiro atoms. The highest BCUT2D eigenvalue weighted by Crippen LogP contribution is 2.24. The number of nitrogens with one attached hydrogen (secondary N) is 1. The molecule has 2 nitrogen and oxygen atoms in total. The SMILES string of the molecule is CC(C)(CO)NCC1CCCC1. The molecule has 0 bridgehead atoms. The molecule has 72 valence electrons. The first kappa shape index (κ1) is 10.0. The largest absolute Gasteiger partial charge is 0.394 e. The predicted octanol–water partition coefficient (Wildman–Crippen LogP) is 1.54. The summed E-state index contributed by atoms with van der Waals surface area (Å²) in [7, 11) is 0. The average Bonchev–Trinajstić information content (AvgIpc) is 2.53. The molecular formula is C10H21NO. The van der Waals surface area contributed by atoms with Crippen LogP contribution in [0.2, 0.25) is 0 Å². The Bertz CT molecular complexity index is 128. The first-order chi connectivity index (χ1) is 5.64. The minimum absolute atomic E-state index is 0.0947. The Morgan fingerprint density at radius 3 is 2.42 bits per heavy atom. The van der Waals surface area contributed by atoms with Crippen LogP contribution in [0.3, 0.4) is 0 Å². The van der Waals surface area contributed by atoms with Gasteiger partial charge in [0.05, 0.1) is 6.61 Å². The van der Waals surface area contributed by atoms with Gasteiger partial charge in [-0.1, -0.05) is 12.8 Å². The van der Waals surface area contributed by atoms with Crippen LogP contribution in [0.15, 0.2) is 0 Å². The molecule has 0 aromatic heterocycles. The van der Waals surface area contributed by atoms with Crippen molar-refractivity contribution >= 4 is 0 Å². The second-order valence-corrected chi connectivity index (χ2v) is 4.57. The molecular weight excluding hydrogens is 150 g/mol. The Kier molecular flexibility index (Phi) is 3.53. The van der Waals surface area contributed by atoms with Crippen LogP contribution in [0, 0.1) is 5.92 Å². The van der Waals surface area contributed by atoms with Crippen LogP contribution in [0.5, 0.6) is 0 Å². The van der Waals surface area contributed by atoms with E-state index in [1.807, 2.05) is 13.8 Å². The molecule has 0 aromatic carbocycles. The lowest BCUT2D eigenvalue weighted by molar-refractivity contribution is 0.183. The molecule has 0 radical (unpaired) electrons. The third kappa shape index (κ3) is 3.11.